The smallest absolute Gasteiger partial charge is 0.307 e. The van der Waals surface area contributed by atoms with Crippen molar-refractivity contribution >= 4 is 11.3 Å². The van der Waals surface area contributed by atoms with Gasteiger partial charge in [-0.05, 0) is 13.3 Å². The number of aliphatic hydroxyl groups excluding tert-OH is 1. The minimum absolute atomic E-state index is 0.0469. The maximum Gasteiger partial charge on any atom is 0.307 e. The van der Waals surface area contributed by atoms with Crippen molar-refractivity contribution in [1.82, 2.24) is 4.57 Å². The van der Waals surface area contributed by atoms with Crippen LogP contribution in [0.15, 0.2) is 16.4 Å². The zero-order valence-corrected chi connectivity index (χ0v) is 7.17. The average molecular weight is 173 g/mol. The number of aromatic nitrogens is 1. The van der Waals surface area contributed by atoms with Crippen LogP contribution in [0.2, 0.25) is 0 Å². The fraction of sp³-hybridized carbons (Fsp3) is 0.571. The molecule has 0 saturated heterocycles. The number of thiazole rings is 1. The highest BCUT2D eigenvalue weighted by molar-refractivity contribution is 7.07. The highest BCUT2D eigenvalue weighted by Gasteiger charge is 1.98. The second-order valence-corrected chi connectivity index (χ2v) is 3.36. The number of aryl methyl sites for hydroxylation is 1. The van der Waals surface area contributed by atoms with E-state index in [9.17, 15) is 4.79 Å². The summed E-state index contributed by atoms with van der Waals surface area (Å²) in [6, 6.07) is 0. The lowest BCUT2D eigenvalue weighted by Gasteiger charge is -2.02. The fourth-order valence-electron chi connectivity index (χ4n) is 0.782. The van der Waals surface area contributed by atoms with Crippen LogP contribution in [0.1, 0.15) is 13.3 Å². The molecule has 0 aliphatic heterocycles. The molecule has 1 N–H and O–H groups in total. The van der Waals surface area contributed by atoms with Gasteiger partial charge in [0.05, 0.1) is 6.10 Å². The van der Waals surface area contributed by atoms with E-state index in [4.69, 9.17) is 5.11 Å². The lowest BCUT2D eigenvalue weighted by atomic mass is 10.3. The van der Waals surface area contributed by atoms with Crippen molar-refractivity contribution < 1.29 is 5.11 Å². The Balaban J connectivity index is 2.51. The van der Waals surface area contributed by atoms with Crippen molar-refractivity contribution in [2.75, 3.05) is 0 Å². The summed E-state index contributed by atoms with van der Waals surface area (Å²) in [4.78, 5) is 11.0. The minimum atomic E-state index is -0.332. The molecule has 1 aromatic rings. The molecule has 1 atom stereocenters. The Morgan fingerprint density at radius 2 is 2.55 bits per heavy atom. The van der Waals surface area contributed by atoms with Crippen molar-refractivity contribution in [1.29, 1.82) is 0 Å². The minimum Gasteiger partial charge on any atom is -0.393 e. The summed E-state index contributed by atoms with van der Waals surface area (Å²) in [7, 11) is 0. The third-order valence-corrected chi connectivity index (χ3v) is 2.13. The van der Waals surface area contributed by atoms with Gasteiger partial charge in [-0.2, -0.15) is 0 Å². The second-order valence-electron chi connectivity index (χ2n) is 2.50. The lowest BCUT2D eigenvalue weighted by molar-refractivity contribution is 0.178. The van der Waals surface area contributed by atoms with Crippen molar-refractivity contribution in [3.05, 3.63) is 21.2 Å². The predicted octanol–water partition coefficient (Wildman–Crippen LogP) is 0.681. The van der Waals surface area contributed by atoms with Gasteiger partial charge in [0.1, 0.15) is 0 Å². The van der Waals surface area contributed by atoms with Crippen LogP contribution in [0.4, 0.5) is 0 Å². The SMILES string of the molecule is CC(O)CCn1ccsc1=O. The largest absolute Gasteiger partial charge is 0.393 e. The summed E-state index contributed by atoms with van der Waals surface area (Å²) < 4.78 is 1.61. The molecule has 1 heterocycles. The Kier molecular flexibility index (Phi) is 2.84. The number of nitrogens with zero attached hydrogens (tertiary/aromatic N) is 1. The standard InChI is InChI=1S/C7H11NO2S/c1-6(9)2-3-8-4-5-11-7(8)10/h4-6,9H,2-3H2,1H3. The van der Waals surface area contributed by atoms with Gasteiger partial charge in [-0.15, -0.1) is 0 Å². The van der Waals surface area contributed by atoms with E-state index in [0.29, 0.717) is 13.0 Å². The third kappa shape index (κ3) is 2.48. The van der Waals surface area contributed by atoms with Gasteiger partial charge in [-0.1, -0.05) is 11.3 Å². The Hall–Kier alpha value is -0.610. The summed E-state index contributed by atoms with van der Waals surface area (Å²) in [5, 5.41) is 10.7. The second kappa shape index (κ2) is 3.69. The van der Waals surface area contributed by atoms with Crippen LogP contribution < -0.4 is 4.87 Å². The Bertz CT molecular complexity index is 263. The molecule has 0 amide bonds. The van der Waals surface area contributed by atoms with Gasteiger partial charge < -0.3 is 9.67 Å². The first-order chi connectivity index (χ1) is 5.20. The van der Waals surface area contributed by atoms with Crippen LogP contribution >= 0.6 is 11.3 Å². The van der Waals surface area contributed by atoms with Gasteiger partial charge in [0.25, 0.3) is 0 Å². The molecule has 1 unspecified atom stereocenters. The molecular formula is C7H11NO2S. The van der Waals surface area contributed by atoms with Gasteiger partial charge in [0.2, 0.25) is 0 Å². The average Bonchev–Trinajstić information content (AvgIpc) is 2.31. The number of aliphatic hydroxyl groups is 1. The molecule has 0 bridgehead atoms. The first-order valence-electron chi connectivity index (χ1n) is 3.52. The highest BCUT2D eigenvalue weighted by atomic mass is 32.1. The van der Waals surface area contributed by atoms with E-state index in [1.165, 1.54) is 11.3 Å². The molecule has 3 nitrogen and oxygen atoms in total. The van der Waals surface area contributed by atoms with Crippen LogP contribution in [0.25, 0.3) is 0 Å². The molecule has 0 aliphatic carbocycles. The summed E-state index contributed by atoms with van der Waals surface area (Å²) in [6.45, 7) is 2.33. The molecule has 1 rings (SSSR count). The molecule has 0 radical (unpaired) electrons. The Morgan fingerprint density at radius 3 is 3.00 bits per heavy atom. The summed E-state index contributed by atoms with van der Waals surface area (Å²) in [5.74, 6) is 0. The molecule has 0 spiro atoms. The van der Waals surface area contributed by atoms with Crippen LogP contribution in [0.5, 0.6) is 0 Å². The molecule has 0 aliphatic rings. The first kappa shape index (κ1) is 8.49. The van der Waals surface area contributed by atoms with Crippen molar-refractivity contribution in [2.24, 2.45) is 0 Å². The van der Waals surface area contributed by atoms with Gasteiger partial charge in [0.15, 0.2) is 0 Å². The molecule has 11 heavy (non-hydrogen) atoms. The predicted molar refractivity (Wildman–Crippen MR) is 44.9 cm³/mol. The van der Waals surface area contributed by atoms with Crippen molar-refractivity contribution in [3.8, 4) is 0 Å². The van der Waals surface area contributed by atoms with E-state index in [1.807, 2.05) is 0 Å². The van der Waals surface area contributed by atoms with Gasteiger partial charge in [-0.25, -0.2) is 0 Å². The van der Waals surface area contributed by atoms with E-state index < -0.39 is 0 Å². The normalized spacial score (nSPS) is 13.3. The van der Waals surface area contributed by atoms with E-state index in [0.717, 1.165) is 0 Å². The third-order valence-electron chi connectivity index (χ3n) is 1.43. The molecule has 4 heteroatoms. The molecule has 62 valence electrons. The van der Waals surface area contributed by atoms with E-state index in [-0.39, 0.29) is 11.0 Å². The monoisotopic (exact) mass is 173 g/mol. The van der Waals surface area contributed by atoms with E-state index >= 15 is 0 Å². The van der Waals surface area contributed by atoms with Crippen LogP contribution in [0.3, 0.4) is 0 Å². The quantitative estimate of drug-likeness (QED) is 0.730. The van der Waals surface area contributed by atoms with Gasteiger partial charge in [-0.3, -0.25) is 4.79 Å². The zero-order valence-electron chi connectivity index (χ0n) is 6.36. The van der Waals surface area contributed by atoms with Gasteiger partial charge >= 0.3 is 4.87 Å². The zero-order chi connectivity index (χ0) is 8.27. The van der Waals surface area contributed by atoms with Crippen molar-refractivity contribution in [2.45, 2.75) is 26.0 Å². The first-order valence-corrected chi connectivity index (χ1v) is 4.40. The molecule has 1 aromatic heterocycles. The Morgan fingerprint density at radius 1 is 1.82 bits per heavy atom. The highest BCUT2D eigenvalue weighted by Crippen LogP contribution is 1.95. The molecule has 0 aromatic carbocycles. The summed E-state index contributed by atoms with van der Waals surface area (Å²) in [6.07, 6.45) is 2.05. The van der Waals surface area contributed by atoms with E-state index in [2.05, 4.69) is 0 Å². The lowest BCUT2D eigenvalue weighted by Crippen LogP contribution is -2.15. The number of hydrogen-bond acceptors (Lipinski definition) is 3. The Labute approximate surface area is 68.9 Å². The maximum absolute atomic E-state index is 10.9. The van der Waals surface area contributed by atoms with Crippen molar-refractivity contribution in [3.63, 3.8) is 0 Å². The van der Waals surface area contributed by atoms with Gasteiger partial charge in [0, 0.05) is 18.1 Å². The fourth-order valence-corrected chi connectivity index (χ4v) is 1.39. The topological polar surface area (TPSA) is 42.2 Å². The van der Waals surface area contributed by atoms with Crippen LogP contribution in [0, 0.1) is 0 Å². The van der Waals surface area contributed by atoms with E-state index in [1.54, 1.807) is 23.1 Å². The number of hydrogen-bond donors (Lipinski definition) is 1. The number of rotatable bonds is 3. The summed E-state index contributed by atoms with van der Waals surface area (Å²) >= 11 is 1.18. The van der Waals surface area contributed by atoms with Crippen LogP contribution in [-0.2, 0) is 6.54 Å². The van der Waals surface area contributed by atoms with Crippen LogP contribution in [-0.4, -0.2) is 15.8 Å². The molecular weight excluding hydrogens is 162 g/mol. The molecule has 0 saturated carbocycles. The maximum atomic E-state index is 10.9. The molecule has 0 fully saturated rings. The summed E-state index contributed by atoms with van der Waals surface area (Å²) in [5.41, 5.74) is 0.